The zero-order valence-corrected chi connectivity index (χ0v) is 11.6. The van der Waals surface area contributed by atoms with Crippen molar-refractivity contribution in [3.8, 4) is 5.75 Å². The summed E-state index contributed by atoms with van der Waals surface area (Å²) >= 11 is 0. The third kappa shape index (κ3) is 3.45. The van der Waals surface area contributed by atoms with Crippen LogP contribution in [0.3, 0.4) is 0 Å². The van der Waals surface area contributed by atoms with Crippen LogP contribution in [-0.2, 0) is 6.54 Å². The summed E-state index contributed by atoms with van der Waals surface area (Å²) in [6.07, 6.45) is 0. The van der Waals surface area contributed by atoms with Gasteiger partial charge in [-0.3, -0.25) is 4.90 Å². The van der Waals surface area contributed by atoms with Crippen LogP contribution in [0.5, 0.6) is 5.75 Å². The Morgan fingerprint density at radius 2 is 2.00 bits per heavy atom. The van der Waals surface area contributed by atoms with Gasteiger partial charge < -0.3 is 10.5 Å². The van der Waals surface area contributed by atoms with Crippen LogP contribution >= 0.6 is 0 Å². The lowest BCUT2D eigenvalue weighted by Crippen LogP contribution is -2.35. The summed E-state index contributed by atoms with van der Waals surface area (Å²) < 4.78 is 5.46. The van der Waals surface area contributed by atoms with Crippen LogP contribution in [0.15, 0.2) is 12.1 Å². The molecule has 0 aliphatic rings. The van der Waals surface area contributed by atoms with E-state index in [1.165, 1.54) is 16.7 Å². The number of aryl methyl sites for hydroxylation is 2. The summed E-state index contributed by atoms with van der Waals surface area (Å²) in [6.45, 7) is 7.89. The maximum Gasteiger partial charge on any atom is 0.123 e. The van der Waals surface area contributed by atoms with E-state index in [0.717, 1.165) is 12.3 Å². The van der Waals surface area contributed by atoms with Crippen LogP contribution in [0, 0.1) is 13.8 Å². The molecule has 0 heterocycles. The lowest BCUT2D eigenvalue weighted by atomic mass is 10.0. The van der Waals surface area contributed by atoms with E-state index in [1.807, 2.05) is 0 Å². The summed E-state index contributed by atoms with van der Waals surface area (Å²) in [5.74, 6) is 0.971. The molecular weight excluding hydrogens is 212 g/mol. The van der Waals surface area contributed by atoms with Gasteiger partial charge in [-0.15, -0.1) is 0 Å². The zero-order chi connectivity index (χ0) is 13.0. The lowest BCUT2D eigenvalue weighted by Gasteiger charge is -2.25. The van der Waals surface area contributed by atoms with E-state index in [1.54, 1.807) is 7.11 Å². The molecule has 17 heavy (non-hydrogen) atoms. The molecule has 0 saturated heterocycles. The Morgan fingerprint density at radius 3 is 2.53 bits per heavy atom. The Labute approximate surface area is 105 Å². The Balaban J connectivity index is 2.97. The van der Waals surface area contributed by atoms with Gasteiger partial charge in [0.15, 0.2) is 0 Å². The molecule has 1 aromatic rings. The minimum absolute atomic E-state index is 0.375. The van der Waals surface area contributed by atoms with Crippen molar-refractivity contribution >= 4 is 0 Å². The molecule has 0 aliphatic heterocycles. The fourth-order valence-corrected chi connectivity index (χ4v) is 1.93. The highest BCUT2D eigenvalue weighted by Gasteiger charge is 2.13. The fourth-order valence-electron chi connectivity index (χ4n) is 1.93. The Hall–Kier alpha value is -1.06. The van der Waals surface area contributed by atoms with E-state index in [4.69, 9.17) is 10.5 Å². The number of rotatable bonds is 5. The highest BCUT2D eigenvalue weighted by Crippen LogP contribution is 2.25. The van der Waals surface area contributed by atoms with E-state index in [9.17, 15) is 0 Å². The number of nitrogens with two attached hydrogens (primary N) is 1. The van der Waals surface area contributed by atoms with Gasteiger partial charge in [-0.25, -0.2) is 0 Å². The summed E-state index contributed by atoms with van der Waals surface area (Å²) in [5.41, 5.74) is 9.45. The first-order chi connectivity index (χ1) is 7.99. The minimum atomic E-state index is 0.375. The van der Waals surface area contributed by atoms with E-state index in [2.05, 4.69) is 44.9 Å². The number of methoxy groups -OCH3 is 1. The molecule has 1 aromatic carbocycles. The van der Waals surface area contributed by atoms with E-state index < -0.39 is 0 Å². The first-order valence-corrected chi connectivity index (χ1v) is 6.04. The summed E-state index contributed by atoms with van der Waals surface area (Å²) in [6, 6.07) is 4.66. The summed E-state index contributed by atoms with van der Waals surface area (Å²) in [5, 5.41) is 0. The monoisotopic (exact) mass is 236 g/mol. The average molecular weight is 236 g/mol. The second kappa shape index (κ2) is 6.03. The van der Waals surface area contributed by atoms with Crippen LogP contribution in [0.1, 0.15) is 23.6 Å². The molecule has 0 bridgehead atoms. The molecular formula is C14H24N2O. The quantitative estimate of drug-likeness (QED) is 0.851. The van der Waals surface area contributed by atoms with Crippen molar-refractivity contribution in [2.75, 3.05) is 20.7 Å². The van der Waals surface area contributed by atoms with Crippen LogP contribution in [-0.4, -0.2) is 31.6 Å². The van der Waals surface area contributed by atoms with Crippen molar-refractivity contribution < 1.29 is 4.74 Å². The molecule has 2 N–H and O–H groups in total. The van der Waals surface area contributed by atoms with Crippen LogP contribution < -0.4 is 10.5 Å². The highest BCUT2D eigenvalue weighted by atomic mass is 16.5. The molecule has 0 radical (unpaired) electrons. The largest absolute Gasteiger partial charge is 0.496 e. The smallest absolute Gasteiger partial charge is 0.123 e. The van der Waals surface area contributed by atoms with E-state index >= 15 is 0 Å². The Kier molecular flexibility index (Phi) is 4.97. The van der Waals surface area contributed by atoms with Crippen LogP contribution in [0.2, 0.25) is 0 Å². The predicted molar refractivity (Wildman–Crippen MR) is 72.5 cm³/mol. The van der Waals surface area contributed by atoms with Crippen LogP contribution in [0.25, 0.3) is 0 Å². The van der Waals surface area contributed by atoms with Gasteiger partial charge in [0.25, 0.3) is 0 Å². The van der Waals surface area contributed by atoms with E-state index in [0.29, 0.717) is 12.6 Å². The first kappa shape index (κ1) is 14.0. The van der Waals surface area contributed by atoms with Crippen molar-refractivity contribution in [3.63, 3.8) is 0 Å². The van der Waals surface area contributed by atoms with Gasteiger partial charge in [0, 0.05) is 24.7 Å². The number of hydrogen-bond donors (Lipinski definition) is 1. The Bertz CT molecular complexity index is 377. The van der Waals surface area contributed by atoms with Gasteiger partial charge in [0.05, 0.1) is 7.11 Å². The third-order valence-electron chi connectivity index (χ3n) is 3.30. The van der Waals surface area contributed by atoms with Gasteiger partial charge in [-0.2, -0.15) is 0 Å². The maximum absolute atomic E-state index is 5.69. The first-order valence-electron chi connectivity index (χ1n) is 6.04. The number of ether oxygens (including phenoxy) is 1. The summed E-state index contributed by atoms with van der Waals surface area (Å²) in [7, 11) is 3.82. The highest BCUT2D eigenvalue weighted by molar-refractivity contribution is 5.43. The molecule has 1 atom stereocenters. The number of hydrogen-bond acceptors (Lipinski definition) is 3. The van der Waals surface area contributed by atoms with Crippen molar-refractivity contribution in [3.05, 3.63) is 28.8 Å². The van der Waals surface area contributed by atoms with Gasteiger partial charge in [0.1, 0.15) is 5.75 Å². The van der Waals surface area contributed by atoms with Crippen LogP contribution in [0.4, 0.5) is 0 Å². The molecule has 0 fully saturated rings. The summed E-state index contributed by atoms with van der Waals surface area (Å²) in [4.78, 5) is 2.25. The molecule has 0 saturated carbocycles. The minimum Gasteiger partial charge on any atom is -0.496 e. The van der Waals surface area contributed by atoms with Gasteiger partial charge >= 0.3 is 0 Å². The van der Waals surface area contributed by atoms with Gasteiger partial charge in [0.2, 0.25) is 0 Å². The molecule has 0 spiro atoms. The van der Waals surface area contributed by atoms with Crippen molar-refractivity contribution in [1.82, 2.24) is 4.90 Å². The Morgan fingerprint density at radius 1 is 1.35 bits per heavy atom. The molecule has 3 nitrogen and oxygen atoms in total. The van der Waals surface area contributed by atoms with Crippen molar-refractivity contribution in [2.24, 2.45) is 5.73 Å². The number of likely N-dealkylation sites (N-methyl/N-ethyl adjacent to an activating group) is 1. The maximum atomic E-state index is 5.69. The normalized spacial score (nSPS) is 12.9. The van der Waals surface area contributed by atoms with E-state index in [-0.39, 0.29) is 0 Å². The van der Waals surface area contributed by atoms with Crippen molar-refractivity contribution in [1.29, 1.82) is 0 Å². The van der Waals surface area contributed by atoms with Gasteiger partial charge in [-0.05, 0) is 45.0 Å². The predicted octanol–water partition coefficient (Wildman–Crippen LogP) is 2.09. The fraction of sp³-hybridized carbons (Fsp3) is 0.571. The molecule has 3 heteroatoms. The molecule has 0 aromatic heterocycles. The second-order valence-electron chi connectivity index (χ2n) is 4.76. The molecule has 1 rings (SSSR count). The number of nitrogens with zero attached hydrogens (tertiary/aromatic N) is 1. The lowest BCUT2D eigenvalue weighted by molar-refractivity contribution is 0.250. The standard InChI is InChI=1S/C14H24N2O/c1-10-6-11(2)13(14(7-10)17-5)9-16(4)12(3)8-15/h6-7,12H,8-9,15H2,1-5H3. The molecule has 0 aliphatic carbocycles. The third-order valence-corrected chi connectivity index (χ3v) is 3.30. The topological polar surface area (TPSA) is 38.5 Å². The van der Waals surface area contributed by atoms with Gasteiger partial charge in [-0.1, -0.05) is 6.07 Å². The van der Waals surface area contributed by atoms with Crippen molar-refractivity contribution in [2.45, 2.75) is 33.4 Å². The molecule has 1 unspecified atom stereocenters. The number of benzene rings is 1. The average Bonchev–Trinajstić information content (AvgIpc) is 2.30. The second-order valence-corrected chi connectivity index (χ2v) is 4.76. The SMILES string of the molecule is COc1cc(C)cc(C)c1CN(C)C(C)CN. The molecule has 96 valence electrons. The zero-order valence-electron chi connectivity index (χ0n) is 11.6. The molecule has 0 amide bonds.